The van der Waals surface area contributed by atoms with Crippen molar-refractivity contribution in [3.05, 3.63) is 81.9 Å². The first-order chi connectivity index (χ1) is 12.5. The van der Waals surface area contributed by atoms with Gasteiger partial charge in [0.1, 0.15) is 23.0 Å². The second-order valence-electron chi connectivity index (χ2n) is 6.20. The van der Waals surface area contributed by atoms with Crippen LogP contribution in [0, 0.1) is 0 Å². The molecule has 0 saturated heterocycles. The van der Waals surface area contributed by atoms with Gasteiger partial charge in [-0.2, -0.15) is 0 Å². The van der Waals surface area contributed by atoms with E-state index in [2.05, 4.69) is 0 Å². The summed E-state index contributed by atoms with van der Waals surface area (Å²) in [7, 11) is 0. The van der Waals surface area contributed by atoms with Gasteiger partial charge in [-0.25, -0.2) is 4.79 Å². The van der Waals surface area contributed by atoms with E-state index in [9.17, 15) is 15.0 Å². The first kappa shape index (κ1) is 15.1. The number of phenolic OH excluding ortho intramolecular Hbond substituents is 2. The number of carbonyl (C=O) groups is 1. The van der Waals surface area contributed by atoms with Gasteiger partial charge in [0.2, 0.25) is 0 Å². The van der Waals surface area contributed by atoms with E-state index in [1.54, 1.807) is 30.3 Å². The minimum absolute atomic E-state index is 0.0122. The van der Waals surface area contributed by atoms with Crippen LogP contribution in [0.3, 0.4) is 0 Å². The maximum Gasteiger partial charge on any atom is 0.341 e. The Labute approximate surface area is 153 Å². The highest BCUT2D eigenvalue weighted by molar-refractivity contribution is 6.34. The standard InChI is InChI=1S/C20H11ClO5/c21-15-3-1-2-14-18(15)19(24)26-20(14)12-6-4-10(22)8-16(12)25-17-9-11(23)5-7-13(17)20/h1-9,22-23H. The maximum absolute atomic E-state index is 12.7. The van der Waals surface area contributed by atoms with Gasteiger partial charge in [0, 0.05) is 28.8 Å². The average Bonchev–Trinajstić information content (AvgIpc) is 2.89. The largest absolute Gasteiger partial charge is 0.508 e. The van der Waals surface area contributed by atoms with E-state index in [1.807, 2.05) is 0 Å². The smallest absolute Gasteiger partial charge is 0.341 e. The molecule has 0 saturated carbocycles. The van der Waals surface area contributed by atoms with E-state index in [-0.39, 0.29) is 11.5 Å². The minimum atomic E-state index is -1.26. The number of fused-ring (bicyclic) bond motifs is 6. The Kier molecular flexibility index (Phi) is 2.86. The van der Waals surface area contributed by atoms with Gasteiger partial charge in [-0.3, -0.25) is 0 Å². The number of hydrogen-bond donors (Lipinski definition) is 2. The lowest BCUT2D eigenvalue weighted by atomic mass is 9.77. The number of carbonyl (C=O) groups excluding carboxylic acids is 1. The summed E-state index contributed by atoms with van der Waals surface area (Å²) in [6, 6.07) is 14.4. The van der Waals surface area contributed by atoms with Gasteiger partial charge in [0.25, 0.3) is 0 Å². The predicted octanol–water partition coefficient (Wildman–Crippen LogP) is 4.32. The van der Waals surface area contributed by atoms with Crippen molar-refractivity contribution in [2.24, 2.45) is 0 Å². The Balaban J connectivity index is 1.92. The number of hydrogen-bond acceptors (Lipinski definition) is 5. The molecule has 3 aromatic rings. The first-order valence-corrected chi connectivity index (χ1v) is 8.25. The second kappa shape index (κ2) is 4.93. The zero-order valence-electron chi connectivity index (χ0n) is 13.2. The van der Waals surface area contributed by atoms with E-state index in [4.69, 9.17) is 21.1 Å². The number of halogens is 1. The zero-order valence-corrected chi connectivity index (χ0v) is 13.9. The lowest BCUT2D eigenvalue weighted by molar-refractivity contribution is 0.0224. The number of aromatic hydroxyl groups is 2. The van der Waals surface area contributed by atoms with Crippen molar-refractivity contribution in [1.82, 2.24) is 0 Å². The van der Waals surface area contributed by atoms with E-state index in [0.29, 0.717) is 38.8 Å². The zero-order chi connectivity index (χ0) is 18.1. The van der Waals surface area contributed by atoms with Crippen molar-refractivity contribution in [1.29, 1.82) is 0 Å². The molecule has 6 heteroatoms. The second-order valence-corrected chi connectivity index (χ2v) is 6.60. The summed E-state index contributed by atoms with van der Waals surface area (Å²) in [6.45, 7) is 0. The SMILES string of the molecule is O=C1OC2(c3ccc(O)cc3Oc3cc(O)ccc32)c2cccc(Cl)c21. The van der Waals surface area contributed by atoms with Crippen LogP contribution in [0.2, 0.25) is 5.02 Å². The lowest BCUT2D eigenvalue weighted by Gasteiger charge is -2.36. The van der Waals surface area contributed by atoms with Gasteiger partial charge < -0.3 is 19.7 Å². The third kappa shape index (κ3) is 1.78. The van der Waals surface area contributed by atoms with Gasteiger partial charge in [-0.05, 0) is 30.3 Å². The third-order valence-corrected chi connectivity index (χ3v) is 5.07. The molecule has 2 aliphatic heterocycles. The molecular weight excluding hydrogens is 356 g/mol. The van der Waals surface area contributed by atoms with E-state index >= 15 is 0 Å². The van der Waals surface area contributed by atoms with E-state index in [1.165, 1.54) is 24.3 Å². The fourth-order valence-electron chi connectivity index (χ4n) is 3.71. The van der Waals surface area contributed by atoms with Crippen molar-refractivity contribution in [3.63, 3.8) is 0 Å². The number of phenols is 2. The average molecular weight is 367 g/mol. The van der Waals surface area contributed by atoms with Gasteiger partial charge in [0.05, 0.1) is 10.6 Å². The summed E-state index contributed by atoms with van der Waals surface area (Å²) in [4.78, 5) is 12.7. The van der Waals surface area contributed by atoms with E-state index < -0.39 is 11.6 Å². The number of ether oxygens (including phenoxy) is 2. The van der Waals surface area contributed by atoms with E-state index in [0.717, 1.165) is 0 Å². The molecule has 0 atom stereocenters. The van der Waals surface area contributed by atoms with Gasteiger partial charge in [-0.1, -0.05) is 23.7 Å². The van der Waals surface area contributed by atoms with Crippen LogP contribution in [-0.4, -0.2) is 16.2 Å². The monoisotopic (exact) mass is 366 g/mol. The number of esters is 1. The summed E-state index contributed by atoms with van der Waals surface area (Å²) in [5.74, 6) is 0.161. The number of rotatable bonds is 0. The molecule has 128 valence electrons. The van der Waals surface area contributed by atoms with Crippen molar-refractivity contribution < 1.29 is 24.5 Å². The lowest BCUT2D eigenvalue weighted by Crippen LogP contribution is -2.32. The molecule has 0 bridgehead atoms. The molecule has 0 fully saturated rings. The molecule has 0 unspecified atom stereocenters. The summed E-state index contributed by atoms with van der Waals surface area (Å²) in [5, 5.41) is 20.0. The van der Waals surface area contributed by atoms with Crippen molar-refractivity contribution in [2.75, 3.05) is 0 Å². The van der Waals surface area contributed by atoms with Crippen LogP contribution in [0.15, 0.2) is 54.6 Å². The van der Waals surface area contributed by atoms with Gasteiger partial charge in [-0.15, -0.1) is 0 Å². The molecule has 1 spiro atoms. The van der Waals surface area contributed by atoms with Crippen LogP contribution in [-0.2, 0) is 10.3 Å². The van der Waals surface area contributed by atoms with Crippen LogP contribution < -0.4 is 4.74 Å². The molecule has 2 heterocycles. The molecule has 5 nitrogen and oxygen atoms in total. The van der Waals surface area contributed by atoms with Crippen molar-refractivity contribution >= 4 is 17.6 Å². The first-order valence-electron chi connectivity index (χ1n) is 7.88. The Morgan fingerprint density at radius 2 is 1.46 bits per heavy atom. The van der Waals surface area contributed by atoms with Crippen LogP contribution in [0.5, 0.6) is 23.0 Å². The van der Waals surface area contributed by atoms with Gasteiger partial charge >= 0.3 is 5.97 Å². The summed E-state index contributed by atoms with van der Waals surface area (Å²) in [5.41, 5.74) is 0.777. The molecular formula is C20H11ClO5. The minimum Gasteiger partial charge on any atom is -0.508 e. The molecule has 3 aromatic carbocycles. The fraction of sp³-hybridized carbons (Fsp3) is 0.0500. The topological polar surface area (TPSA) is 76.0 Å². The molecule has 5 rings (SSSR count). The molecule has 26 heavy (non-hydrogen) atoms. The fourth-order valence-corrected chi connectivity index (χ4v) is 3.96. The maximum atomic E-state index is 12.7. The molecule has 0 amide bonds. The molecule has 0 aliphatic carbocycles. The van der Waals surface area contributed by atoms with Crippen LogP contribution in [0.1, 0.15) is 27.0 Å². The van der Waals surface area contributed by atoms with Crippen molar-refractivity contribution in [2.45, 2.75) is 5.60 Å². The predicted molar refractivity (Wildman–Crippen MR) is 93.0 cm³/mol. The third-order valence-electron chi connectivity index (χ3n) is 4.75. The Hall–Kier alpha value is -3.18. The highest BCUT2D eigenvalue weighted by atomic mass is 35.5. The molecule has 0 aromatic heterocycles. The van der Waals surface area contributed by atoms with Crippen LogP contribution >= 0.6 is 11.6 Å². The molecule has 2 aliphatic rings. The summed E-state index contributed by atoms with van der Waals surface area (Å²) >= 11 is 6.26. The summed E-state index contributed by atoms with van der Waals surface area (Å²) in [6.07, 6.45) is 0. The highest BCUT2D eigenvalue weighted by Gasteiger charge is 2.54. The van der Waals surface area contributed by atoms with Crippen molar-refractivity contribution in [3.8, 4) is 23.0 Å². The summed E-state index contributed by atoms with van der Waals surface area (Å²) < 4.78 is 11.8. The highest BCUT2D eigenvalue weighted by Crippen LogP contribution is 2.57. The van der Waals surface area contributed by atoms with Crippen LogP contribution in [0.4, 0.5) is 0 Å². The Bertz CT molecular complexity index is 1050. The van der Waals surface area contributed by atoms with Gasteiger partial charge in [0.15, 0.2) is 5.60 Å². The van der Waals surface area contributed by atoms with Crippen LogP contribution in [0.25, 0.3) is 0 Å². The quantitative estimate of drug-likeness (QED) is 0.579. The molecule has 0 radical (unpaired) electrons. The number of benzene rings is 3. The Morgan fingerprint density at radius 1 is 0.846 bits per heavy atom. The molecule has 2 N–H and O–H groups in total. The Morgan fingerprint density at radius 3 is 2.08 bits per heavy atom. The normalized spacial score (nSPS) is 15.7.